The van der Waals surface area contributed by atoms with Gasteiger partial charge < -0.3 is 33.3 Å². The highest BCUT2D eigenvalue weighted by atomic mass is 16.7. The van der Waals surface area contributed by atoms with Crippen LogP contribution in [-0.2, 0) is 33.3 Å². The number of nitrogens with zero attached hydrogens (tertiary/aromatic N) is 1. The zero-order valence-corrected chi connectivity index (χ0v) is 54.5. The number of carboxylic acid groups (broad SMARTS) is 1. The molecular formula is C71H139NO8. The maximum Gasteiger partial charge on any atom is 0.306 e. The summed E-state index contributed by atoms with van der Waals surface area (Å²) in [5.41, 5.74) is 0. The van der Waals surface area contributed by atoms with Crippen molar-refractivity contribution in [3.8, 4) is 0 Å². The number of rotatable bonds is 68. The topological polar surface area (TPSA) is 111 Å². The van der Waals surface area contributed by atoms with Gasteiger partial charge in [-0.3, -0.25) is 9.59 Å². The summed E-state index contributed by atoms with van der Waals surface area (Å²) in [6.45, 7) is 4.84. The van der Waals surface area contributed by atoms with Gasteiger partial charge in [0.2, 0.25) is 0 Å². The molecule has 0 rings (SSSR count). The van der Waals surface area contributed by atoms with Gasteiger partial charge in [-0.15, -0.1) is 0 Å². The van der Waals surface area contributed by atoms with Crippen molar-refractivity contribution in [1.82, 2.24) is 0 Å². The summed E-state index contributed by atoms with van der Waals surface area (Å²) in [5, 5.41) is 11.8. The Morgan fingerprint density at radius 3 is 0.800 bits per heavy atom. The monoisotopic (exact) mass is 1130 g/mol. The number of aliphatic carboxylic acids is 1. The van der Waals surface area contributed by atoms with Crippen molar-refractivity contribution < 1.29 is 42.9 Å². The first-order valence-electron chi connectivity index (χ1n) is 35.7. The van der Waals surface area contributed by atoms with Crippen LogP contribution in [0.25, 0.3) is 0 Å². The number of ether oxygens (including phenoxy) is 4. The molecule has 9 nitrogen and oxygen atoms in total. The molecule has 0 spiro atoms. The molecule has 80 heavy (non-hydrogen) atoms. The normalized spacial score (nSPS) is 12.6. The second-order valence-corrected chi connectivity index (χ2v) is 25.9. The van der Waals surface area contributed by atoms with Gasteiger partial charge in [0.05, 0.1) is 40.3 Å². The van der Waals surface area contributed by atoms with Gasteiger partial charge in [0.15, 0.2) is 12.4 Å². The maximum absolute atomic E-state index is 12.9. The van der Waals surface area contributed by atoms with Crippen molar-refractivity contribution in [2.24, 2.45) is 0 Å². The van der Waals surface area contributed by atoms with E-state index in [9.17, 15) is 19.5 Å². The summed E-state index contributed by atoms with van der Waals surface area (Å²) >= 11 is 0. The van der Waals surface area contributed by atoms with Crippen molar-refractivity contribution in [3.05, 3.63) is 0 Å². The van der Waals surface area contributed by atoms with Crippen LogP contribution in [-0.4, -0.2) is 82.3 Å². The van der Waals surface area contributed by atoms with Gasteiger partial charge >= 0.3 is 11.9 Å². The fourth-order valence-corrected chi connectivity index (χ4v) is 11.1. The highest BCUT2D eigenvalue weighted by Gasteiger charge is 2.22. The van der Waals surface area contributed by atoms with Crippen molar-refractivity contribution in [2.45, 2.75) is 392 Å². The third-order valence-electron chi connectivity index (χ3n) is 16.6. The van der Waals surface area contributed by atoms with Crippen LogP contribution in [0.3, 0.4) is 0 Å². The molecular weight excluding hydrogens is 995 g/mol. The smallest absolute Gasteiger partial charge is 0.306 e. The molecule has 0 bridgehead atoms. The largest absolute Gasteiger partial charge is 0.545 e. The molecule has 0 N–H and O–H groups in total. The number of carbonyl (C=O) groups excluding carboxylic acids is 3. The van der Waals surface area contributed by atoms with Crippen LogP contribution in [0.4, 0.5) is 0 Å². The molecule has 476 valence electrons. The number of hydrogen-bond acceptors (Lipinski definition) is 8. The minimum absolute atomic E-state index is 0.154. The summed E-state index contributed by atoms with van der Waals surface area (Å²) < 4.78 is 22.8. The van der Waals surface area contributed by atoms with Crippen LogP contribution in [0.2, 0.25) is 0 Å². The summed E-state index contributed by atoms with van der Waals surface area (Å²) in [4.78, 5) is 37.5. The van der Waals surface area contributed by atoms with Gasteiger partial charge in [0.25, 0.3) is 0 Å². The Kier molecular flexibility index (Phi) is 62.0. The first-order chi connectivity index (χ1) is 39.1. The predicted octanol–water partition coefficient (Wildman–Crippen LogP) is 20.5. The lowest BCUT2D eigenvalue weighted by molar-refractivity contribution is -0.870. The van der Waals surface area contributed by atoms with Crippen molar-refractivity contribution in [2.75, 3.05) is 47.5 Å². The van der Waals surface area contributed by atoms with Gasteiger partial charge in [-0.05, 0) is 12.8 Å². The number of carboxylic acids is 1. The Bertz CT molecular complexity index is 1270. The quantitative estimate of drug-likeness (QED) is 0.0256. The summed E-state index contributed by atoms with van der Waals surface area (Å²) in [5.74, 6) is -2.24. The van der Waals surface area contributed by atoms with E-state index in [0.717, 1.165) is 38.5 Å². The number of hydrogen-bond donors (Lipinski definition) is 0. The lowest BCUT2D eigenvalue weighted by Crippen LogP contribution is -2.44. The van der Waals surface area contributed by atoms with Crippen LogP contribution in [0.15, 0.2) is 0 Å². The molecule has 0 aromatic rings. The van der Waals surface area contributed by atoms with E-state index in [2.05, 4.69) is 13.8 Å². The second kappa shape index (κ2) is 63.3. The molecule has 0 saturated carbocycles. The Morgan fingerprint density at radius 2 is 0.562 bits per heavy atom. The van der Waals surface area contributed by atoms with Crippen LogP contribution >= 0.6 is 0 Å². The van der Waals surface area contributed by atoms with Crippen molar-refractivity contribution in [1.29, 1.82) is 0 Å². The third kappa shape index (κ3) is 63.9. The van der Waals surface area contributed by atoms with Crippen LogP contribution in [0, 0.1) is 0 Å². The number of carbonyl (C=O) groups is 3. The van der Waals surface area contributed by atoms with E-state index in [1.54, 1.807) is 0 Å². The molecule has 0 aliphatic rings. The third-order valence-corrected chi connectivity index (χ3v) is 16.6. The van der Waals surface area contributed by atoms with E-state index < -0.39 is 24.3 Å². The van der Waals surface area contributed by atoms with E-state index in [1.165, 1.54) is 315 Å². The molecule has 0 heterocycles. The summed E-state index contributed by atoms with van der Waals surface area (Å²) in [7, 11) is 5.95. The molecule has 0 saturated heterocycles. The van der Waals surface area contributed by atoms with Crippen molar-refractivity contribution >= 4 is 17.9 Å². The average Bonchev–Trinajstić information content (AvgIpc) is 3.43. The zero-order valence-electron chi connectivity index (χ0n) is 54.5. The maximum atomic E-state index is 12.9. The standard InChI is InChI=1S/C71H139NO8/c1-6-8-10-12-14-16-18-20-22-24-26-28-30-31-32-33-34-35-36-37-38-39-40-42-44-46-48-50-52-54-56-58-60-62-69(74)80-67(66-79-71(70(75)76)77-64-63-72(3,4)5)65-78-68(73)61-59-57-55-53-51-49-47-45-43-41-29-27-25-23-21-19-17-15-13-11-9-7-2/h67,71H,6-66H2,1-5H3. The highest BCUT2D eigenvalue weighted by molar-refractivity contribution is 5.70. The van der Waals surface area contributed by atoms with Crippen LogP contribution in [0.1, 0.15) is 380 Å². The Hall–Kier alpha value is -1.71. The fourth-order valence-electron chi connectivity index (χ4n) is 11.1. The minimum Gasteiger partial charge on any atom is -0.545 e. The number of quaternary nitrogens is 1. The van der Waals surface area contributed by atoms with Crippen LogP contribution < -0.4 is 5.11 Å². The molecule has 0 aromatic heterocycles. The predicted molar refractivity (Wildman–Crippen MR) is 339 cm³/mol. The van der Waals surface area contributed by atoms with Gasteiger partial charge in [0.1, 0.15) is 13.2 Å². The van der Waals surface area contributed by atoms with Gasteiger partial charge in [-0.25, -0.2) is 0 Å². The van der Waals surface area contributed by atoms with Crippen molar-refractivity contribution in [3.63, 3.8) is 0 Å². The van der Waals surface area contributed by atoms with Gasteiger partial charge in [-0.2, -0.15) is 0 Å². The first-order valence-corrected chi connectivity index (χ1v) is 35.7. The number of unbranched alkanes of at least 4 members (excludes halogenated alkanes) is 53. The Morgan fingerprint density at radius 1 is 0.325 bits per heavy atom. The van der Waals surface area contributed by atoms with Gasteiger partial charge in [-0.1, -0.05) is 354 Å². The molecule has 2 unspecified atom stereocenters. The molecule has 0 aliphatic carbocycles. The minimum atomic E-state index is -1.62. The molecule has 0 amide bonds. The molecule has 2 atom stereocenters. The lowest BCUT2D eigenvalue weighted by Gasteiger charge is -2.26. The first kappa shape index (κ1) is 78.3. The summed E-state index contributed by atoms with van der Waals surface area (Å²) in [6.07, 6.45) is 72.0. The second-order valence-electron chi connectivity index (χ2n) is 25.9. The van der Waals surface area contributed by atoms with Gasteiger partial charge in [0, 0.05) is 12.8 Å². The van der Waals surface area contributed by atoms with E-state index in [1.807, 2.05) is 21.1 Å². The fraction of sp³-hybridized carbons (Fsp3) is 0.958. The molecule has 9 heteroatoms. The lowest BCUT2D eigenvalue weighted by atomic mass is 10.0. The average molecular weight is 1130 g/mol. The molecule has 0 radical (unpaired) electrons. The van der Waals surface area contributed by atoms with Crippen LogP contribution in [0.5, 0.6) is 0 Å². The van der Waals surface area contributed by atoms with E-state index in [4.69, 9.17) is 18.9 Å². The van der Waals surface area contributed by atoms with E-state index in [0.29, 0.717) is 17.4 Å². The zero-order chi connectivity index (χ0) is 58.3. The van der Waals surface area contributed by atoms with E-state index in [-0.39, 0.29) is 32.2 Å². The highest BCUT2D eigenvalue weighted by Crippen LogP contribution is 2.20. The molecule has 0 fully saturated rings. The Balaban J connectivity index is 4.00. The van der Waals surface area contributed by atoms with E-state index >= 15 is 0 Å². The summed E-state index contributed by atoms with van der Waals surface area (Å²) in [6, 6.07) is 0. The Labute approximate surface area is 498 Å². The molecule has 0 aliphatic heterocycles. The number of likely N-dealkylation sites (N-methyl/N-ethyl adjacent to an activating group) is 1. The SMILES string of the molecule is CCCCCCCCCCCCCCCCCCCCCCCCCCCCCCCCCCCC(=O)OC(COC(=O)CCCCCCCCCCCCCCCCCCCCCCCC)COC(OCC[N+](C)(C)C)C(=O)[O-]. The number of esters is 2. The molecule has 0 aromatic carbocycles.